The van der Waals surface area contributed by atoms with E-state index >= 15 is 0 Å². The highest BCUT2D eigenvalue weighted by Crippen LogP contribution is 2.25. The summed E-state index contributed by atoms with van der Waals surface area (Å²) in [5.41, 5.74) is 3.24. The van der Waals surface area contributed by atoms with Crippen molar-refractivity contribution in [2.45, 2.75) is 0 Å². The molecule has 2 aromatic carbocycles. The van der Waals surface area contributed by atoms with Crippen LogP contribution in [0.15, 0.2) is 54.7 Å². The van der Waals surface area contributed by atoms with E-state index in [0.717, 1.165) is 28.0 Å². The molecule has 6 heteroatoms. The van der Waals surface area contributed by atoms with Crippen molar-refractivity contribution in [2.24, 2.45) is 0 Å². The van der Waals surface area contributed by atoms with Crippen LogP contribution in [0.25, 0.3) is 10.9 Å². The van der Waals surface area contributed by atoms with Gasteiger partial charge in [0.15, 0.2) is 0 Å². The van der Waals surface area contributed by atoms with Gasteiger partial charge in [0.25, 0.3) is 0 Å². The number of aromatic nitrogens is 1. The second-order valence-electron chi connectivity index (χ2n) is 5.76. The molecule has 0 aliphatic rings. The molecule has 3 aromatic rings. The van der Waals surface area contributed by atoms with E-state index in [-0.39, 0.29) is 6.03 Å². The molecule has 0 fully saturated rings. The van der Waals surface area contributed by atoms with Crippen LogP contribution in [0.1, 0.15) is 0 Å². The van der Waals surface area contributed by atoms with Crippen LogP contribution in [0.4, 0.5) is 21.9 Å². The van der Waals surface area contributed by atoms with E-state index in [4.69, 9.17) is 4.74 Å². The minimum atomic E-state index is -0.305. The van der Waals surface area contributed by atoms with Gasteiger partial charge in [0.1, 0.15) is 5.75 Å². The molecule has 0 spiro atoms. The van der Waals surface area contributed by atoms with Crippen LogP contribution in [-0.4, -0.2) is 32.2 Å². The number of carbonyl (C=O) groups is 1. The number of rotatable bonds is 4. The fourth-order valence-electron chi connectivity index (χ4n) is 2.49. The number of hydrogen-bond donors (Lipinski definition) is 2. The fourth-order valence-corrected chi connectivity index (χ4v) is 2.49. The molecule has 0 bridgehead atoms. The molecule has 2 amide bonds. The average molecular weight is 336 g/mol. The van der Waals surface area contributed by atoms with Crippen molar-refractivity contribution in [3.63, 3.8) is 0 Å². The number of carbonyl (C=O) groups excluding carboxylic acids is 1. The minimum Gasteiger partial charge on any atom is -0.497 e. The lowest BCUT2D eigenvalue weighted by atomic mass is 10.2. The molecule has 128 valence electrons. The van der Waals surface area contributed by atoms with Gasteiger partial charge in [-0.1, -0.05) is 0 Å². The van der Waals surface area contributed by atoms with Crippen LogP contribution in [0, 0.1) is 0 Å². The van der Waals surface area contributed by atoms with E-state index in [9.17, 15) is 4.79 Å². The zero-order chi connectivity index (χ0) is 17.8. The molecule has 0 aliphatic heterocycles. The highest BCUT2D eigenvalue weighted by atomic mass is 16.5. The predicted octanol–water partition coefficient (Wildman–Crippen LogP) is 3.95. The van der Waals surface area contributed by atoms with E-state index < -0.39 is 0 Å². The Labute approximate surface area is 146 Å². The molecule has 0 radical (unpaired) electrons. The van der Waals surface area contributed by atoms with Crippen molar-refractivity contribution >= 4 is 34.0 Å². The molecule has 0 unspecified atom stereocenters. The number of anilines is 3. The first-order valence-corrected chi connectivity index (χ1v) is 7.85. The molecule has 0 saturated carbocycles. The van der Waals surface area contributed by atoms with Crippen LogP contribution in [0.5, 0.6) is 5.75 Å². The number of benzene rings is 2. The highest BCUT2D eigenvalue weighted by molar-refractivity contribution is 6.05. The van der Waals surface area contributed by atoms with E-state index in [1.165, 1.54) is 0 Å². The van der Waals surface area contributed by atoms with Gasteiger partial charge in [-0.25, -0.2) is 4.79 Å². The Morgan fingerprint density at radius 1 is 1.04 bits per heavy atom. The Morgan fingerprint density at radius 3 is 2.48 bits per heavy atom. The van der Waals surface area contributed by atoms with Crippen LogP contribution >= 0.6 is 0 Å². The lowest BCUT2D eigenvalue weighted by molar-refractivity contribution is 0.262. The maximum atomic E-state index is 12.3. The van der Waals surface area contributed by atoms with Gasteiger partial charge in [-0.15, -0.1) is 0 Å². The Bertz CT molecular complexity index is 892. The summed E-state index contributed by atoms with van der Waals surface area (Å²) >= 11 is 0. The number of amides is 2. The maximum absolute atomic E-state index is 12.3. The van der Waals surface area contributed by atoms with Crippen molar-refractivity contribution in [1.82, 2.24) is 4.98 Å². The van der Waals surface area contributed by atoms with E-state index in [0.29, 0.717) is 5.69 Å². The van der Waals surface area contributed by atoms with Gasteiger partial charge in [-0.2, -0.15) is 0 Å². The summed E-state index contributed by atoms with van der Waals surface area (Å²) in [5, 5.41) is 6.55. The SMILES string of the molecule is COc1ccc2c(NC(=O)Nc3ccc(N(C)C)cc3)ccnc2c1. The first-order valence-electron chi connectivity index (χ1n) is 7.85. The number of pyridine rings is 1. The van der Waals surface area contributed by atoms with Crippen LogP contribution in [-0.2, 0) is 0 Å². The summed E-state index contributed by atoms with van der Waals surface area (Å²) < 4.78 is 5.21. The molecule has 0 saturated heterocycles. The molecule has 6 nitrogen and oxygen atoms in total. The lowest BCUT2D eigenvalue weighted by Crippen LogP contribution is -2.19. The second-order valence-corrected chi connectivity index (χ2v) is 5.76. The molecule has 25 heavy (non-hydrogen) atoms. The number of fused-ring (bicyclic) bond motifs is 1. The number of nitrogens with zero attached hydrogens (tertiary/aromatic N) is 2. The Morgan fingerprint density at radius 2 is 1.80 bits per heavy atom. The summed E-state index contributed by atoms with van der Waals surface area (Å²) in [4.78, 5) is 18.6. The molecule has 2 N–H and O–H groups in total. The Kier molecular flexibility index (Phi) is 4.70. The second kappa shape index (κ2) is 7.09. The van der Waals surface area contributed by atoms with Crippen LogP contribution in [0.2, 0.25) is 0 Å². The molecule has 0 aliphatic carbocycles. The number of nitrogens with one attached hydrogen (secondary N) is 2. The standard InChI is InChI=1S/C19H20N4O2/c1-23(2)14-6-4-13(5-7-14)21-19(24)22-17-10-11-20-18-12-15(25-3)8-9-16(17)18/h4-12H,1-3H3,(H2,20,21,22,24). The number of hydrogen-bond acceptors (Lipinski definition) is 4. The van der Waals surface area contributed by atoms with E-state index in [2.05, 4.69) is 15.6 Å². The highest BCUT2D eigenvalue weighted by Gasteiger charge is 2.08. The first-order chi connectivity index (χ1) is 12.1. The van der Waals surface area contributed by atoms with Gasteiger partial charge in [0.05, 0.1) is 18.3 Å². The summed E-state index contributed by atoms with van der Waals surface area (Å²) in [6.45, 7) is 0. The van der Waals surface area contributed by atoms with Crippen molar-refractivity contribution in [1.29, 1.82) is 0 Å². The van der Waals surface area contributed by atoms with Crippen molar-refractivity contribution < 1.29 is 9.53 Å². The smallest absolute Gasteiger partial charge is 0.323 e. The maximum Gasteiger partial charge on any atom is 0.323 e. The van der Waals surface area contributed by atoms with Crippen LogP contribution in [0.3, 0.4) is 0 Å². The Balaban J connectivity index is 1.75. The monoisotopic (exact) mass is 336 g/mol. The molecular weight excluding hydrogens is 316 g/mol. The zero-order valence-electron chi connectivity index (χ0n) is 14.4. The lowest BCUT2D eigenvalue weighted by Gasteiger charge is -2.13. The van der Waals surface area contributed by atoms with Crippen molar-refractivity contribution in [3.8, 4) is 5.75 Å². The summed E-state index contributed by atoms with van der Waals surface area (Å²) in [6, 6.07) is 14.6. The summed E-state index contributed by atoms with van der Waals surface area (Å²) in [5.74, 6) is 0.725. The summed E-state index contributed by atoms with van der Waals surface area (Å²) in [6.07, 6.45) is 1.66. The van der Waals surface area contributed by atoms with Gasteiger partial charge in [-0.3, -0.25) is 4.98 Å². The predicted molar refractivity (Wildman–Crippen MR) is 102 cm³/mol. The molecule has 3 rings (SSSR count). The topological polar surface area (TPSA) is 66.5 Å². The van der Waals surface area contributed by atoms with E-state index in [1.807, 2.05) is 61.5 Å². The third-order valence-electron chi connectivity index (χ3n) is 3.84. The molecule has 1 heterocycles. The molecular formula is C19H20N4O2. The van der Waals surface area contributed by atoms with E-state index in [1.54, 1.807) is 19.4 Å². The number of urea groups is 1. The third-order valence-corrected chi connectivity index (χ3v) is 3.84. The first kappa shape index (κ1) is 16.6. The minimum absolute atomic E-state index is 0.305. The Hall–Kier alpha value is -3.28. The quantitative estimate of drug-likeness (QED) is 0.757. The van der Waals surface area contributed by atoms with Crippen molar-refractivity contribution in [2.75, 3.05) is 36.7 Å². The molecule has 1 aromatic heterocycles. The van der Waals surface area contributed by atoms with Crippen LogP contribution < -0.4 is 20.3 Å². The zero-order valence-corrected chi connectivity index (χ0v) is 14.4. The largest absolute Gasteiger partial charge is 0.497 e. The molecule has 0 atom stereocenters. The number of ether oxygens (including phenoxy) is 1. The van der Waals surface area contributed by atoms with Gasteiger partial charge in [0.2, 0.25) is 0 Å². The van der Waals surface area contributed by atoms with Gasteiger partial charge in [-0.05, 0) is 42.5 Å². The normalized spacial score (nSPS) is 10.4. The average Bonchev–Trinajstić information content (AvgIpc) is 2.62. The fraction of sp³-hybridized carbons (Fsp3) is 0.158. The van der Waals surface area contributed by atoms with Gasteiger partial charge < -0.3 is 20.3 Å². The summed E-state index contributed by atoms with van der Waals surface area (Å²) in [7, 11) is 5.55. The van der Waals surface area contributed by atoms with Crippen molar-refractivity contribution in [3.05, 3.63) is 54.7 Å². The number of methoxy groups -OCH3 is 1. The van der Waals surface area contributed by atoms with Gasteiger partial charge >= 0.3 is 6.03 Å². The van der Waals surface area contributed by atoms with Gasteiger partial charge in [0, 0.05) is 43.1 Å². The third kappa shape index (κ3) is 3.80.